The quantitative estimate of drug-likeness (QED) is 0.885. The maximum absolute atomic E-state index is 13.3. The van der Waals surface area contributed by atoms with Crippen LogP contribution in [0.5, 0.6) is 0 Å². The molecule has 0 aliphatic carbocycles. The number of hydrogen-bond acceptors (Lipinski definition) is 3. The molecular weight excluding hydrogens is 338 g/mol. The average molecular weight is 372 g/mol. The Bertz CT molecular complexity index is 648. The van der Waals surface area contributed by atoms with E-state index >= 15 is 0 Å². The van der Waals surface area contributed by atoms with Gasteiger partial charge in [0.15, 0.2) is 0 Å². The summed E-state index contributed by atoms with van der Waals surface area (Å²) in [6, 6.07) is 8.78. The average Bonchev–Trinajstić information content (AvgIpc) is 2.73. The number of rotatable bonds is 4. The highest BCUT2D eigenvalue weighted by atomic mass is 16.2. The number of benzene rings is 1. The van der Waals surface area contributed by atoms with Gasteiger partial charge in [0.2, 0.25) is 11.8 Å². The van der Waals surface area contributed by atoms with Gasteiger partial charge in [0.1, 0.15) is 0 Å². The molecule has 3 rings (SSSR count). The van der Waals surface area contributed by atoms with Crippen LogP contribution in [0.1, 0.15) is 50.8 Å². The topological polar surface area (TPSA) is 52.7 Å². The van der Waals surface area contributed by atoms with Crippen molar-refractivity contribution in [2.24, 2.45) is 11.8 Å². The molecule has 27 heavy (non-hydrogen) atoms. The SMILES string of the molecule is CCc1ccc(C2CNCCN2C(=O)C2CCN(C(=O)C(C)C)CC2)cc1. The maximum Gasteiger partial charge on any atom is 0.226 e. The van der Waals surface area contributed by atoms with E-state index in [-0.39, 0.29) is 29.7 Å². The number of carbonyl (C=O) groups is 2. The Morgan fingerprint density at radius 3 is 2.37 bits per heavy atom. The predicted octanol–water partition coefficient (Wildman–Crippen LogP) is 2.62. The smallest absolute Gasteiger partial charge is 0.226 e. The Labute approximate surface area is 163 Å². The molecule has 5 nitrogen and oxygen atoms in total. The molecular formula is C22H33N3O2. The molecule has 1 atom stereocenters. The zero-order chi connectivity index (χ0) is 19.4. The fraction of sp³-hybridized carbons (Fsp3) is 0.636. The largest absolute Gasteiger partial charge is 0.342 e. The molecule has 2 heterocycles. The van der Waals surface area contributed by atoms with Gasteiger partial charge in [0, 0.05) is 44.6 Å². The minimum atomic E-state index is 0.0286. The number of nitrogens with one attached hydrogen (secondary N) is 1. The first kappa shape index (κ1) is 19.9. The second kappa shape index (κ2) is 8.87. The number of piperazine rings is 1. The van der Waals surface area contributed by atoms with Crippen LogP contribution in [-0.4, -0.2) is 54.3 Å². The molecule has 0 spiro atoms. The van der Waals surface area contributed by atoms with Crippen LogP contribution in [0.15, 0.2) is 24.3 Å². The Kier molecular flexibility index (Phi) is 6.53. The summed E-state index contributed by atoms with van der Waals surface area (Å²) in [4.78, 5) is 29.4. The monoisotopic (exact) mass is 371 g/mol. The summed E-state index contributed by atoms with van der Waals surface area (Å²) in [5, 5.41) is 3.44. The maximum atomic E-state index is 13.3. The van der Waals surface area contributed by atoms with Gasteiger partial charge in [-0.15, -0.1) is 0 Å². The lowest BCUT2D eigenvalue weighted by molar-refractivity contribution is -0.144. The number of amides is 2. The lowest BCUT2D eigenvalue weighted by atomic mass is 9.92. The van der Waals surface area contributed by atoms with E-state index in [0.717, 1.165) is 38.9 Å². The second-order valence-electron chi connectivity index (χ2n) is 8.10. The standard InChI is InChI=1S/C22H33N3O2/c1-4-17-5-7-18(8-6-17)20-15-23-11-14-25(20)22(27)19-9-12-24(13-10-19)21(26)16(2)3/h5-8,16,19-20,23H,4,9-15H2,1-3H3. The summed E-state index contributed by atoms with van der Waals surface area (Å²) in [7, 11) is 0. The molecule has 1 N–H and O–H groups in total. The minimum absolute atomic E-state index is 0.0286. The molecule has 0 aromatic heterocycles. The van der Waals surface area contributed by atoms with E-state index in [2.05, 4.69) is 41.4 Å². The number of piperidine rings is 1. The van der Waals surface area contributed by atoms with Crippen molar-refractivity contribution in [3.8, 4) is 0 Å². The summed E-state index contributed by atoms with van der Waals surface area (Å²) >= 11 is 0. The molecule has 0 radical (unpaired) electrons. The first-order valence-electron chi connectivity index (χ1n) is 10.4. The van der Waals surface area contributed by atoms with Crippen molar-refractivity contribution in [1.82, 2.24) is 15.1 Å². The zero-order valence-corrected chi connectivity index (χ0v) is 16.9. The molecule has 2 aliphatic heterocycles. The van der Waals surface area contributed by atoms with Gasteiger partial charge in [-0.05, 0) is 30.4 Å². The fourth-order valence-electron chi connectivity index (χ4n) is 4.19. The number of likely N-dealkylation sites (tertiary alicyclic amines) is 1. The van der Waals surface area contributed by atoms with Gasteiger partial charge in [0.25, 0.3) is 0 Å². The van der Waals surface area contributed by atoms with E-state index in [9.17, 15) is 9.59 Å². The van der Waals surface area contributed by atoms with E-state index in [1.165, 1.54) is 11.1 Å². The zero-order valence-electron chi connectivity index (χ0n) is 16.9. The fourth-order valence-corrected chi connectivity index (χ4v) is 4.19. The van der Waals surface area contributed by atoms with Crippen molar-refractivity contribution >= 4 is 11.8 Å². The van der Waals surface area contributed by atoms with Crippen LogP contribution in [0.3, 0.4) is 0 Å². The van der Waals surface area contributed by atoms with Crippen molar-refractivity contribution in [2.75, 3.05) is 32.7 Å². The van der Waals surface area contributed by atoms with Gasteiger partial charge in [-0.25, -0.2) is 0 Å². The van der Waals surface area contributed by atoms with Crippen molar-refractivity contribution in [1.29, 1.82) is 0 Å². The van der Waals surface area contributed by atoms with Gasteiger partial charge >= 0.3 is 0 Å². The third-order valence-electron chi connectivity index (χ3n) is 5.95. The third kappa shape index (κ3) is 4.52. The highest BCUT2D eigenvalue weighted by Crippen LogP contribution is 2.28. The number of carbonyl (C=O) groups excluding carboxylic acids is 2. The van der Waals surface area contributed by atoms with E-state index in [1.807, 2.05) is 18.7 Å². The molecule has 0 saturated carbocycles. The van der Waals surface area contributed by atoms with Crippen LogP contribution in [0.25, 0.3) is 0 Å². The summed E-state index contributed by atoms with van der Waals surface area (Å²) in [6.07, 6.45) is 2.59. The van der Waals surface area contributed by atoms with E-state index in [1.54, 1.807) is 0 Å². The molecule has 148 valence electrons. The summed E-state index contributed by atoms with van der Waals surface area (Å²) < 4.78 is 0. The van der Waals surface area contributed by atoms with Gasteiger partial charge in [-0.1, -0.05) is 45.0 Å². The Morgan fingerprint density at radius 2 is 1.78 bits per heavy atom. The van der Waals surface area contributed by atoms with E-state index < -0.39 is 0 Å². The van der Waals surface area contributed by atoms with Crippen LogP contribution in [-0.2, 0) is 16.0 Å². The Balaban J connectivity index is 1.66. The molecule has 1 aromatic rings. The molecule has 5 heteroatoms. The van der Waals surface area contributed by atoms with Crippen LogP contribution in [0, 0.1) is 11.8 Å². The third-order valence-corrected chi connectivity index (χ3v) is 5.95. The van der Waals surface area contributed by atoms with Crippen LogP contribution in [0.4, 0.5) is 0 Å². The van der Waals surface area contributed by atoms with Crippen LogP contribution >= 0.6 is 0 Å². The lowest BCUT2D eigenvalue weighted by Gasteiger charge is -2.40. The highest BCUT2D eigenvalue weighted by molar-refractivity contribution is 5.81. The van der Waals surface area contributed by atoms with Crippen molar-refractivity contribution in [2.45, 2.75) is 46.1 Å². The molecule has 1 aromatic carbocycles. The number of aryl methyl sites for hydroxylation is 1. The number of nitrogens with zero attached hydrogens (tertiary/aromatic N) is 2. The second-order valence-corrected chi connectivity index (χ2v) is 8.10. The van der Waals surface area contributed by atoms with Crippen molar-refractivity contribution in [3.63, 3.8) is 0 Å². The Hall–Kier alpha value is -1.88. The predicted molar refractivity (Wildman–Crippen MR) is 107 cm³/mol. The van der Waals surface area contributed by atoms with Gasteiger partial charge in [0.05, 0.1) is 6.04 Å². The summed E-state index contributed by atoms with van der Waals surface area (Å²) in [5.74, 6) is 0.535. The molecule has 2 saturated heterocycles. The molecule has 2 fully saturated rings. The summed E-state index contributed by atoms with van der Waals surface area (Å²) in [5.41, 5.74) is 2.53. The molecule has 2 aliphatic rings. The van der Waals surface area contributed by atoms with E-state index in [0.29, 0.717) is 13.1 Å². The summed E-state index contributed by atoms with van der Waals surface area (Å²) in [6.45, 7) is 9.85. The first-order chi connectivity index (χ1) is 13.0. The lowest BCUT2D eigenvalue weighted by Crippen LogP contribution is -2.52. The highest BCUT2D eigenvalue weighted by Gasteiger charge is 2.35. The molecule has 0 bridgehead atoms. The minimum Gasteiger partial charge on any atom is -0.342 e. The van der Waals surface area contributed by atoms with Gasteiger partial charge in [-0.2, -0.15) is 0 Å². The van der Waals surface area contributed by atoms with Crippen LogP contribution < -0.4 is 5.32 Å². The molecule has 2 amide bonds. The first-order valence-corrected chi connectivity index (χ1v) is 10.4. The number of hydrogen-bond donors (Lipinski definition) is 1. The van der Waals surface area contributed by atoms with Crippen LogP contribution in [0.2, 0.25) is 0 Å². The van der Waals surface area contributed by atoms with E-state index in [4.69, 9.17) is 0 Å². The van der Waals surface area contributed by atoms with Gasteiger partial charge in [-0.3, -0.25) is 9.59 Å². The normalized spacial score (nSPS) is 21.6. The van der Waals surface area contributed by atoms with Crippen molar-refractivity contribution < 1.29 is 9.59 Å². The van der Waals surface area contributed by atoms with Crippen molar-refractivity contribution in [3.05, 3.63) is 35.4 Å². The molecule has 1 unspecified atom stereocenters. The Morgan fingerprint density at radius 1 is 1.11 bits per heavy atom. The van der Waals surface area contributed by atoms with Gasteiger partial charge < -0.3 is 15.1 Å².